The molecule has 88 valence electrons. The minimum Gasteiger partial charge on any atom is -0.396 e. The van der Waals surface area contributed by atoms with Gasteiger partial charge in [0.2, 0.25) is 5.91 Å². The molecule has 15 heavy (non-hydrogen) atoms. The van der Waals surface area contributed by atoms with Crippen molar-refractivity contribution >= 4 is 5.91 Å². The zero-order chi connectivity index (χ0) is 11.3. The Morgan fingerprint density at radius 1 is 1.53 bits per heavy atom. The molecule has 1 unspecified atom stereocenters. The van der Waals surface area contributed by atoms with E-state index in [0.717, 1.165) is 25.9 Å². The Kier molecular flexibility index (Phi) is 4.54. The molecule has 0 bridgehead atoms. The van der Waals surface area contributed by atoms with Crippen LogP contribution in [0.25, 0.3) is 0 Å². The SMILES string of the molecule is CC(CO)CNC(=O)C1(C)CCNCC1. The van der Waals surface area contributed by atoms with Gasteiger partial charge in [0.05, 0.1) is 0 Å². The number of piperidine rings is 1. The Labute approximate surface area is 91.4 Å². The fourth-order valence-electron chi connectivity index (χ4n) is 1.75. The van der Waals surface area contributed by atoms with Gasteiger partial charge in [-0.1, -0.05) is 13.8 Å². The number of nitrogens with one attached hydrogen (secondary N) is 2. The standard InChI is InChI=1S/C11H22N2O2/c1-9(8-14)7-13-10(15)11(2)3-5-12-6-4-11/h9,12,14H,3-8H2,1-2H3,(H,13,15). The van der Waals surface area contributed by atoms with Crippen LogP contribution in [0.15, 0.2) is 0 Å². The molecule has 1 rings (SSSR count). The first-order valence-corrected chi connectivity index (χ1v) is 5.68. The molecular formula is C11H22N2O2. The lowest BCUT2D eigenvalue weighted by Crippen LogP contribution is -2.46. The van der Waals surface area contributed by atoms with Crippen molar-refractivity contribution in [3.05, 3.63) is 0 Å². The molecule has 0 saturated carbocycles. The molecule has 3 N–H and O–H groups in total. The second-order valence-electron chi connectivity index (χ2n) is 4.81. The fraction of sp³-hybridized carbons (Fsp3) is 0.909. The molecule has 1 atom stereocenters. The lowest BCUT2D eigenvalue weighted by atomic mass is 9.80. The summed E-state index contributed by atoms with van der Waals surface area (Å²) in [5.41, 5.74) is -0.222. The summed E-state index contributed by atoms with van der Waals surface area (Å²) < 4.78 is 0. The number of rotatable bonds is 4. The van der Waals surface area contributed by atoms with Crippen LogP contribution in [0.2, 0.25) is 0 Å². The van der Waals surface area contributed by atoms with E-state index >= 15 is 0 Å². The molecule has 0 radical (unpaired) electrons. The minimum atomic E-state index is -0.222. The third kappa shape index (κ3) is 3.47. The number of aliphatic hydroxyl groups excluding tert-OH is 1. The van der Waals surface area contributed by atoms with Crippen molar-refractivity contribution in [1.29, 1.82) is 0 Å². The Balaban J connectivity index is 2.37. The highest BCUT2D eigenvalue weighted by Gasteiger charge is 2.34. The predicted molar refractivity (Wildman–Crippen MR) is 59.5 cm³/mol. The molecule has 1 aliphatic heterocycles. The van der Waals surface area contributed by atoms with Crippen LogP contribution in [0.4, 0.5) is 0 Å². The maximum atomic E-state index is 11.9. The van der Waals surface area contributed by atoms with Crippen LogP contribution in [-0.4, -0.2) is 37.3 Å². The summed E-state index contributed by atoms with van der Waals surface area (Å²) in [4.78, 5) is 11.9. The molecule has 4 heteroatoms. The Morgan fingerprint density at radius 2 is 2.13 bits per heavy atom. The van der Waals surface area contributed by atoms with Gasteiger partial charge in [-0.3, -0.25) is 4.79 Å². The molecule has 0 aromatic rings. The van der Waals surface area contributed by atoms with Crippen molar-refractivity contribution < 1.29 is 9.90 Å². The Hall–Kier alpha value is -0.610. The van der Waals surface area contributed by atoms with E-state index in [9.17, 15) is 4.79 Å². The molecule has 1 fully saturated rings. The van der Waals surface area contributed by atoms with Gasteiger partial charge in [0, 0.05) is 18.6 Å². The first-order chi connectivity index (χ1) is 7.08. The van der Waals surface area contributed by atoms with E-state index < -0.39 is 0 Å². The van der Waals surface area contributed by atoms with Gasteiger partial charge in [-0.25, -0.2) is 0 Å². The summed E-state index contributed by atoms with van der Waals surface area (Å²) in [5.74, 6) is 0.267. The summed E-state index contributed by atoms with van der Waals surface area (Å²) >= 11 is 0. The van der Waals surface area contributed by atoms with E-state index in [1.54, 1.807) is 0 Å². The lowest BCUT2D eigenvalue weighted by molar-refractivity contribution is -0.131. The number of aliphatic hydroxyl groups is 1. The zero-order valence-electron chi connectivity index (χ0n) is 9.68. The number of amides is 1. The lowest BCUT2D eigenvalue weighted by Gasteiger charge is -2.32. The zero-order valence-corrected chi connectivity index (χ0v) is 9.68. The van der Waals surface area contributed by atoms with Crippen LogP contribution in [0.1, 0.15) is 26.7 Å². The molecule has 0 aromatic heterocycles. The largest absolute Gasteiger partial charge is 0.396 e. The highest BCUT2D eigenvalue weighted by Crippen LogP contribution is 2.27. The smallest absolute Gasteiger partial charge is 0.226 e. The summed E-state index contributed by atoms with van der Waals surface area (Å²) in [5, 5.41) is 15.0. The second kappa shape index (κ2) is 5.47. The van der Waals surface area contributed by atoms with Crippen LogP contribution in [0.3, 0.4) is 0 Å². The first kappa shape index (κ1) is 12.5. The van der Waals surface area contributed by atoms with Crippen LogP contribution in [0.5, 0.6) is 0 Å². The Morgan fingerprint density at radius 3 is 2.67 bits per heavy atom. The predicted octanol–water partition coefficient (Wildman–Crippen LogP) is 0.121. The van der Waals surface area contributed by atoms with E-state index in [-0.39, 0.29) is 23.8 Å². The molecule has 0 aliphatic carbocycles. The van der Waals surface area contributed by atoms with E-state index in [4.69, 9.17) is 5.11 Å². The van der Waals surface area contributed by atoms with E-state index in [0.29, 0.717) is 6.54 Å². The summed E-state index contributed by atoms with van der Waals surface area (Å²) in [6.07, 6.45) is 1.79. The molecule has 0 aromatic carbocycles. The van der Waals surface area contributed by atoms with Crippen molar-refractivity contribution in [3.63, 3.8) is 0 Å². The van der Waals surface area contributed by atoms with Gasteiger partial charge in [-0.2, -0.15) is 0 Å². The molecule has 0 spiro atoms. The Bertz CT molecular complexity index is 213. The quantitative estimate of drug-likeness (QED) is 0.623. The number of carbonyl (C=O) groups is 1. The van der Waals surface area contributed by atoms with Crippen LogP contribution in [0, 0.1) is 11.3 Å². The maximum Gasteiger partial charge on any atom is 0.226 e. The molecule has 1 amide bonds. The van der Waals surface area contributed by atoms with Gasteiger partial charge in [-0.05, 0) is 31.8 Å². The molecule has 1 heterocycles. The van der Waals surface area contributed by atoms with Gasteiger partial charge >= 0.3 is 0 Å². The normalized spacial score (nSPS) is 22.1. The van der Waals surface area contributed by atoms with Crippen LogP contribution in [-0.2, 0) is 4.79 Å². The van der Waals surface area contributed by atoms with Gasteiger partial charge in [0.1, 0.15) is 0 Å². The van der Waals surface area contributed by atoms with Crippen molar-refractivity contribution in [1.82, 2.24) is 10.6 Å². The van der Waals surface area contributed by atoms with Gasteiger partial charge in [0.15, 0.2) is 0 Å². The van der Waals surface area contributed by atoms with Crippen molar-refractivity contribution in [3.8, 4) is 0 Å². The molecular weight excluding hydrogens is 192 g/mol. The topological polar surface area (TPSA) is 61.4 Å². The minimum absolute atomic E-state index is 0.124. The average molecular weight is 214 g/mol. The monoisotopic (exact) mass is 214 g/mol. The molecule has 1 saturated heterocycles. The van der Waals surface area contributed by atoms with E-state index in [1.165, 1.54) is 0 Å². The van der Waals surface area contributed by atoms with Gasteiger partial charge in [0.25, 0.3) is 0 Å². The van der Waals surface area contributed by atoms with Crippen molar-refractivity contribution in [2.75, 3.05) is 26.2 Å². The average Bonchev–Trinajstić information content (AvgIpc) is 2.26. The fourth-order valence-corrected chi connectivity index (χ4v) is 1.75. The number of hydrogen-bond donors (Lipinski definition) is 3. The highest BCUT2D eigenvalue weighted by atomic mass is 16.3. The summed E-state index contributed by atoms with van der Waals surface area (Å²) in [6, 6.07) is 0. The maximum absolute atomic E-state index is 11.9. The number of hydrogen-bond acceptors (Lipinski definition) is 3. The van der Waals surface area contributed by atoms with E-state index in [2.05, 4.69) is 10.6 Å². The van der Waals surface area contributed by atoms with Crippen molar-refractivity contribution in [2.45, 2.75) is 26.7 Å². The summed E-state index contributed by atoms with van der Waals surface area (Å²) in [6.45, 7) is 6.47. The molecule has 1 aliphatic rings. The van der Waals surface area contributed by atoms with E-state index in [1.807, 2.05) is 13.8 Å². The summed E-state index contributed by atoms with van der Waals surface area (Å²) in [7, 11) is 0. The second-order valence-corrected chi connectivity index (χ2v) is 4.81. The molecule has 4 nitrogen and oxygen atoms in total. The number of carbonyl (C=O) groups excluding carboxylic acids is 1. The van der Waals surface area contributed by atoms with Crippen molar-refractivity contribution in [2.24, 2.45) is 11.3 Å². The third-order valence-electron chi connectivity index (χ3n) is 3.18. The van der Waals surface area contributed by atoms with Crippen LogP contribution >= 0.6 is 0 Å². The van der Waals surface area contributed by atoms with Crippen LogP contribution < -0.4 is 10.6 Å². The highest BCUT2D eigenvalue weighted by molar-refractivity contribution is 5.82. The van der Waals surface area contributed by atoms with Gasteiger partial charge < -0.3 is 15.7 Å². The first-order valence-electron chi connectivity index (χ1n) is 5.68. The third-order valence-corrected chi connectivity index (χ3v) is 3.18. The van der Waals surface area contributed by atoms with Gasteiger partial charge in [-0.15, -0.1) is 0 Å².